The van der Waals surface area contributed by atoms with Crippen LogP contribution >= 0.6 is 23.1 Å². The van der Waals surface area contributed by atoms with Crippen molar-refractivity contribution in [1.29, 1.82) is 0 Å². The molecule has 7 nitrogen and oxygen atoms in total. The van der Waals surface area contributed by atoms with Gasteiger partial charge in [-0.1, -0.05) is 52.9 Å². The number of benzene rings is 2. The predicted molar refractivity (Wildman–Crippen MR) is 130 cm³/mol. The predicted octanol–water partition coefficient (Wildman–Crippen LogP) is 3.97. The molecule has 0 radical (unpaired) electrons. The molecular formula is C23H21N5O2S2. The van der Waals surface area contributed by atoms with E-state index in [1.807, 2.05) is 67.0 Å². The molecule has 0 unspecified atom stereocenters. The molecule has 3 aromatic heterocycles. The minimum Gasteiger partial charge on any atom is -0.303 e. The van der Waals surface area contributed by atoms with Gasteiger partial charge in [0.15, 0.2) is 5.16 Å². The number of fused-ring (bicyclic) bond motifs is 3. The Hall–Kier alpha value is -3.17. The smallest absolute Gasteiger partial charge is 0.303 e. The normalized spacial score (nSPS) is 11.6. The second-order valence-electron chi connectivity index (χ2n) is 7.71. The van der Waals surface area contributed by atoms with Gasteiger partial charge in [0.05, 0.1) is 16.6 Å². The van der Waals surface area contributed by atoms with Gasteiger partial charge >= 0.3 is 4.87 Å². The Morgan fingerprint density at radius 3 is 2.59 bits per heavy atom. The van der Waals surface area contributed by atoms with Crippen LogP contribution in [0.2, 0.25) is 0 Å². The van der Waals surface area contributed by atoms with Gasteiger partial charge in [-0.3, -0.25) is 14.0 Å². The van der Waals surface area contributed by atoms with Crippen molar-refractivity contribution < 1.29 is 0 Å². The van der Waals surface area contributed by atoms with Crippen molar-refractivity contribution in [2.45, 2.75) is 32.5 Å². The molecule has 3 heterocycles. The second kappa shape index (κ2) is 8.07. The third-order valence-electron chi connectivity index (χ3n) is 5.51. The largest absolute Gasteiger partial charge is 0.307 e. The first-order valence-electron chi connectivity index (χ1n) is 10.2. The van der Waals surface area contributed by atoms with Gasteiger partial charge < -0.3 is 4.57 Å². The highest BCUT2D eigenvalue weighted by Crippen LogP contribution is 2.24. The number of aromatic nitrogens is 5. The summed E-state index contributed by atoms with van der Waals surface area (Å²) in [5, 5.41) is 12.0. The fourth-order valence-electron chi connectivity index (χ4n) is 3.95. The van der Waals surface area contributed by atoms with Crippen molar-refractivity contribution in [3.8, 4) is 5.69 Å². The zero-order valence-electron chi connectivity index (χ0n) is 17.9. The van der Waals surface area contributed by atoms with E-state index in [1.54, 1.807) is 9.13 Å². The fourth-order valence-corrected chi connectivity index (χ4v) is 5.57. The maximum Gasteiger partial charge on any atom is 0.307 e. The molecule has 0 fully saturated rings. The summed E-state index contributed by atoms with van der Waals surface area (Å²) in [4.78, 5) is 25.5. The molecule has 5 aromatic rings. The molecule has 5 rings (SSSR count). The highest BCUT2D eigenvalue weighted by Gasteiger charge is 2.19. The van der Waals surface area contributed by atoms with E-state index in [0.29, 0.717) is 28.6 Å². The van der Waals surface area contributed by atoms with Crippen LogP contribution in [0.1, 0.15) is 16.8 Å². The van der Waals surface area contributed by atoms with Gasteiger partial charge in [-0.05, 0) is 44.5 Å². The van der Waals surface area contributed by atoms with Crippen molar-refractivity contribution in [3.63, 3.8) is 0 Å². The summed E-state index contributed by atoms with van der Waals surface area (Å²) in [6.45, 7) is 6.54. The van der Waals surface area contributed by atoms with Crippen LogP contribution in [0, 0.1) is 20.8 Å². The molecule has 0 aliphatic heterocycles. The Balaban J connectivity index is 1.66. The highest BCUT2D eigenvalue weighted by atomic mass is 32.2. The molecule has 0 saturated heterocycles. The van der Waals surface area contributed by atoms with Gasteiger partial charge in [0.2, 0.25) is 5.78 Å². The molecule has 0 aliphatic rings. The lowest BCUT2D eigenvalue weighted by Crippen LogP contribution is -2.22. The lowest BCUT2D eigenvalue weighted by atomic mass is 10.1. The van der Waals surface area contributed by atoms with E-state index < -0.39 is 0 Å². The first-order valence-corrected chi connectivity index (χ1v) is 12.1. The standard InChI is InChI=1S/C23H21N5O2S2/c1-14-8-9-18(15(2)12-14)27-20(29)17-6-4-5-7-19(17)28-21(27)24-25-22(28)31-11-10-26-16(3)13-32-23(26)30/h4-9,12-13H,10-11H2,1-3H3. The molecule has 0 amide bonds. The van der Waals surface area contributed by atoms with Crippen LogP contribution in [0.25, 0.3) is 22.4 Å². The first-order chi connectivity index (χ1) is 15.5. The SMILES string of the molecule is Cc1ccc(-n2c(=O)c3ccccc3n3c(SCCn4c(C)csc4=O)nnc23)c(C)c1. The van der Waals surface area contributed by atoms with Gasteiger partial charge in [-0.2, -0.15) is 0 Å². The molecular weight excluding hydrogens is 442 g/mol. The topological polar surface area (TPSA) is 74.2 Å². The molecule has 0 saturated carbocycles. The van der Waals surface area contributed by atoms with E-state index in [-0.39, 0.29) is 10.4 Å². The van der Waals surface area contributed by atoms with Crippen LogP contribution < -0.4 is 10.4 Å². The van der Waals surface area contributed by atoms with Gasteiger partial charge in [0, 0.05) is 23.4 Å². The van der Waals surface area contributed by atoms with Crippen LogP contribution in [0.15, 0.2) is 62.6 Å². The number of nitrogens with zero attached hydrogens (tertiary/aromatic N) is 5. The molecule has 0 atom stereocenters. The number of thiazole rings is 1. The molecule has 0 aliphatic carbocycles. The zero-order valence-corrected chi connectivity index (χ0v) is 19.5. The first kappa shape index (κ1) is 20.7. The molecule has 0 N–H and O–H groups in total. The van der Waals surface area contributed by atoms with Gasteiger partial charge in [0.1, 0.15) is 0 Å². The van der Waals surface area contributed by atoms with E-state index in [0.717, 1.165) is 28.0 Å². The van der Waals surface area contributed by atoms with E-state index in [2.05, 4.69) is 16.3 Å². The third kappa shape index (κ3) is 3.37. The van der Waals surface area contributed by atoms with Gasteiger partial charge in [-0.25, -0.2) is 4.57 Å². The molecule has 2 aromatic carbocycles. The van der Waals surface area contributed by atoms with Crippen molar-refractivity contribution >= 4 is 39.8 Å². The third-order valence-corrected chi connectivity index (χ3v) is 7.30. The van der Waals surface area contributed by atoms with E-state index in [9.17, 15) is 9.59 Å². The number of hydrogen-bond donors (Lipinski definition) is 0. The summed E-state index contributed by atoms with van der Waals surface area (Å²) >= 11 is 2.74. The van der Waals surface area contributed by atoms with Crippen molar-refractivity contribution in [1.82, 2.24) is 23.7 Å². The number of hydrogen-bond acceptors (Lipinski definition) is 6. The van der Waals surface area contributed by atoms with Gasteiger partial charge in [0.25, 0.3) is 5.56 Å². The minimum absolute atomic E-state index is 0.0448. The van der Waals surface area contributed by atoms with Crippen molar-refractivity contribution in [2.75, 3.05) is 5.75 Å². The highest BCUT2D eigenvalue weighted by molar-refractivity contribution is 7.99. The van der Waals surface area contributed by atoms with E-state index >= 15 is 0 Å². The Labute approximate surface area is 192 Å². The van der Waals surface area contributed by atoms with Crippen molar-refractivity contribution in [3.05, 3.63) is 84.7 Å². The zero-order chi connectivity index (χ0) is 22.4. The summed E-state index contributed by atoms with van der Waals surface area (Å²) in [6.07, 6.45) is 0. The fraction of sp³-hybridized carbons (Fsp3) is 0.217. The monoisotopic (exact) mass is 463 g/mol. The lowest BCUT2D eigenvalue weighted by Gasteiger charge is -2.13. The molecule has 162 valence electrons. The summed E-state index contributed by atoms with van der Waals surface area (Å²) in [6, 6.07) is 13.5. The van der Waals surface area contributed by atoms with Crippen LogP contribution in [0.3, 0.4) is 0 Å². The lowest BCUT2D eigenvalue weighted by molar-refractivity contribution is 0.729. The average Bonchev–Trinajstić information content (AvgIpc) is 3.33. The van der Waals surface area contributed by atoms with Crippen LogP contribution in [-0.4, -0.2) is 29.5 Å². The van der Waals surface area contributed by atoms with Crippen molar-refractivity contribution in [2.24, 2.45) is 0 Å². The Morgan fingerprint density at radius 2 is 1.84 bits per heavy atom. The summed E-state index contributed by atoms with van der Waals surface area (Å²) < 4.78 is 5.34. The minimum atomic E-state index is -0.121. The Morgan fingerprint density at radius 1 is 1.03 bits per heavy atom. The maximum atomic E-state index is 13.5. The van der Waals surface area contributed by atoms with Gasteiger partial charge in [-0.15, -0.1) is 10.2 Å². The van der Waals surface area contributed by atoms with E-state index in [1.165, 1.54) is 23.1 Å². The summed E-state index contributed by atoms with van der Waals surface area (Å²) in [7, 11) is 0. The van der Waals surface area contributed by atoms with E-state index in [4.69, 9.17) is 0 Å². The average molecular weight is 464 g/mol. The number of rotatable bonds is 5. The van der Waals surface area contributed by atoms with Crippen LogP contribution in [-0.2, 0) is 6.54 Å². The van der Waals surface area contributed by atoms with Crippen LogP contribution in [0.4, 0.5) is 0 Å². The molecule has 9 heteroatoms. The number of para-hydroxylation sites is 1. The van der Waals surface area contributed by atoms with Crippen LogP contribution in [0.5, 0.6) is 0 Å². The Kier molecular flexibility index (Phi) is 5.22. The molecule has 0 bridgehead atoms. The summed E-state index contributed by atoms with van der Waals surface area (Å²) in [5.41, 5.74) is 4.53. The second-order valence-corrected chi connectivity index (χ2v) is 9.59. The maximum absolute atomic E-state index is 13.5. The number of aryl methyl sites for hydroxylation is 3. The molecule has 0 spiro atoms. The quantitative estimate of drug-likeness (QED) is 0.369. The number of thioether (sulfide) groups is 1. The summed E-state index contributed by atoms with van der Waals surface area (Å²) in [5.74, 6) is 1.14. The molecule has 32 heavy (non-hydrogen) atoms. The Bertz CT molecular complexity index is 1590.